The lowest BCUT2D eigenvalue weighted by Gasteiger charge is -2.15. The van der Waals surface area contributed by atoms with Crippen LogP contribution in [0.25, 0.3) is 10.9 Å². The summed E-state index contributed by atoms with van der Waals surface area (Å²) in [4.78, 5) is 14.8. The highest BCUT2D eigenvalue weighted by Crippen LogP contribution is 2.38. The van der Waals surface area contributed by atoms with Crippen molar-refractivity contribution >= 4 is 16.9 Å². The first-order valence-electron chi connectivity index (χ1n) is 8.50. The summed E-state index contributed by atoms with van der Waals surface area (Å²) in [5.74, 6) is -2.40. The second kappa shape index (κ2) is 8.32. The highest BCUT2D eigenvalue weighted by atomic mass is 19.4. The van der Waals surface area contributed by atoms with Crippen molar-refractivity contribution in [1.29, 1.82) is 0 Å². The quantitative estimate of drug-likeness (QED) is 0.390. The first-order chi connectivity index (χ1) is 14.5. The summed E-state index contributed by atoms with van der Waals surface area (Å²) in [6, 6.07) is 4.88. The lowest BCUT2D eigenvalue weighted by Crippen LogP contribution is -2.18. The van der Waals surface area contributed by atoms with Crippen molar-refractivity contribution in [2.75, 3.05) is 6.61 Å². The topological polar surface area (TPSA) is 83.7 Å². The number of nitrogens with zero attached hydrogens (tertiary/aromatic N) is 2. The molecule has 3 aromatic rings. The van der Waals surface area contributed by atoms with E-state index >= 15 is 0 Å². The van der Waals surface area contributed by atoms with Crippen molar-refractivity contribution in [3.05, 3.63) is 47.5 Å². The van der Waals surface area contributed by atoms with Crippen molar-refractivity contribution < 1.29 is 49.9 Å². The fourth-order valence-electron chi connectivity index (χ4n) is 2.49. The molecule has 0 saturated carbocycles. The molecule has 2 heterocycles. The van der Waals surface area contributed by atoms with E-state index in [2.05, 4.69) is 14.9 Å². The van der Waals surface area contributed by atoms with Crippen LogP contribution >= 0.6 is 0 Å². The second-order valence-corrected chi connectivity index (χ2v) is 5.90. The summed E-state index contributed by atoms with van der Waals surface area (Å²) in [7, 11) is 0. The molecule has 2 aromatic heterocycles. The van der Waals surface area contributed by atoms with E-state index in [4.69, 9.17) is 14.0 Å². The Bertz CT molecular complexity index is 1090. The molecular formula is C18H12F6N2O5. The zero-order chi connectivity index (χ0) is 22.8. The molecule has 0 unspecified atom stereocenters. The summed E-state index contributed by atoms with van der Waals surface area (Å²) in [5.41, 5.74) is -2.15. The maximum absolute atomic E-state index is 13.2. The lowest BCUT2D eigenvalue weighted by atomic mass is 10.1. The van der Waals surface area contributed by atoms with Crippen molar-refractivity contribution in [2.45, 2.75) is 26.1 Å². The fraction of sp³-hybridized carbons (Fsp3) is 0.278. The third-order valence-electron chi connectivity index (χ3n) is 3.69. The lowest BCUT2D eigenvalue weighted by molar-refractivity contribution is -0.274. The van der Waals surface area contributed by atoms with Crippen molar-refractivity contribution in [2.24, 2.45) is 0 Å². The Morgan fingerprint density at radius 1 is 1.10 bits per heavy atom. The molecule has 0 fully saturated rings. The predicted molar refractivity (Wildman–Crippen MR) is 90.2 cm³/mol. The van der Waals surface area contributed by atoms with Gasteiger partial charge in [0, 0.05) is 17.5 Å². The number of carbonyl (C=O) groups excluding carboxylic acids is 1. The Labute approximate surface area is 169 Å². The molecule has 0 amide bonds. The molecule has 0 aliphatic heterocycles. The molecule has 0 saturated heterocycles. The minimum atomic E-state index is -5.14. The SMILES string of the molecule is CCOC(=O)c1cc(COc2cc(C(F)(F)F)nc3c(OC(F)(F)F)cccc23)no1. The molecule has 0 aliphatic carbocycles. The number of esters is 1. The third-order valence-corrected chi connectivity index (χ3v) is 3.69. The first-order valence-corrected chi connectivity index (χ1v) is 8.50. The number of pyridine rings is 1. The van der Waals surface area contributed by atoms with E-state index in [1.807, 2.05) is 0 Å². The molecule has 3 rings (SSSR count). The Morgan fingerprint density at radius 2 is 1.84 bits per heavy atom. The third kappa shape index (κ3) is 5.35. The standard InChI is InChI=1S/C18H12F6N2O5/c1-2-28-16(27)13-6-9(26-31-13)8-29-12-7-14(17(19,20)21)25-15-10(12)4-3-5-11(15)30-18(22,23)24/h3-7H,2,8H2,1H3. The minimum absolute atomic E-state index is 0.0317. The zero-order valence-corrected chi connectivity index (χ0v) is 15.5. The molecule has 1 aromatic carbocycles. The van der Waals surface area contributed by atoms with E-state index in [-0.39, 0.29) is 23.4 Å². The number of fused-ring (bicyclic) bond motifs is 1. The van der Waals surface area contributed by atoms with Crippen LogP contribution in [0.3, 0.4) is 0 Å². The number of alkyl halides is 6. The maximum atomic E-state index is 13.2. The molecule has 0 radical (unpaired) electrons. The van der Waals surface area contributed by atoms with Gasteiger partial charge in [0.25, 0.3) is 0 Å². The number of ether oxygens (including phenoxy) is 3. The van der Waals surface area contributed by atoms with E-state index < -0.39 is 47.8 Å². The average molecular weight is 450 g/mol. The van der Waals surface area contributed by atoms with Gasteiger partial charge in [-0.3, -0.25) is 0 Å². The fourth-order valence-corrected chi connectivity index (χ4v) is 2.49. The maximum Gasteiger partial charge on any atom is 0.573 e. The summed E-state index contributed by atoms with van der Waals surface area (Å²) in [6.07, 6.45) is -10.1. The van der Waals surface area contributed by atoms with Gasteiger partial charge in [0.05, 0.1) is 6.61 Å². The Morgan fingerprint density at radius 3 is 2.48 bits per heavy atom. The molecule has 13 heteroatoms. The van der Waals surface area contributed by atoms with Crippen molar-refractivity contribution in [3.63, 3.8) is 0 Å². The van der Waals surface area contributed by atoms with Crippen LogP contribution < -0.4 is 9.47 Å². The van der Waals surface area contributed by atoms with Gasteiger partial charge in [-0.05, 0) is 19.1 Å². The van der Waals surface area contributed by atoms with Crippen LogP contribution in [0, 0.1) is 0 Å². The van der Waals surface area contributed by atoms with Crippen LogP contribution in [0.1, 0.15) is 28.9 Å². The summed E-state index contributed by atoms with van der Waals surface area (Å²) in [5, 5.41) is 3.38. The molecule has 166 valence electrons. The number of hydrogen-bond donors (Lipinski definition) is 0. The summed E-state index contributed by atoms with van der Waals surface area (Å²) in [6.45, 7) is 1.20. The number of halogens is 6. The van der Waals surface area contributed by atoms with Crippen LogP contribution in [0.4, 0.5) is 26.3 Å². The molecule has 0 bridgehead atoms. The number of para-hydroxylation sites is 1. The van der Waals surface area contributed by atoms with Gasteiger partial charge in [-0.15, -0.1) is 13.2 Å². The van der Waals surface area contributed by atoms with Crippen LogP contribution in [-0.2, 0) is 17.5 Å². The van der Waals surface area contributed by atoms with Gasteiger partial charge in [0.1, 0.15) is 29.3 Å². The number of aromatic nitrogens is 2. The monoisotopic (exact) mass is 450 g/mol. The summed E-state index contributed by atoms with van der Waals surface area (Å²) < 4.78 is 96.2. The molecule has 0 spiro atoms. The molecule has 7 nitrogen and oxygen atoms in total. The van der Waals surface area contributed by atoms with Crippen molar-refractivity contribution in [1.82, 2.24) is 10.1 Å². The average Bonchev–Trinajstić information content (AvgIpc) is 3.14. The van der Waals surface area contributed by atoms with Gasteiger partial charge in [0.2, 0.25) is 5.76 Å². The van der Waals surface area contributed by atoms with Gasteiger partial charge in [-0.25, -0.2) is 9.78 Å². The highest BCUT2D eigenvalue weighted by Gasteiger charge is 2.36. The summed E-state index contributed by atoms with van der Waals surface area (Å²) >= 11 is 0. The van der Waals surface area contributed by atoms with E-state index in [0.717, 1.165) is 18.2 Å². The normalized spacial score (nSPS) is 12.1. The van der Waals surface area contributed by atoms with Gasteiger partial charge < -0.3 is 18.7 Å². The van der Waals surface area contributed by atoms with Crippen LogP contribution in [-0.4, -0.2) is 29.1 Å². The molecular weight excluding hydrogens is 438 g/mol. The predicted octanol–water partition coefficient (Wildman–Crippen LogP) is 4.90. The minimum Gasteiger partial charge on any atom is -0.486 e. The van der Waals surface area contributed by atoms with Crippen LogP contribution in [0.15, 0.2) is 34.9 Å². The largest absolute Gasteiger partial charge is 0.573 e. The Kier molecular flexibility index (Phi) is 5.95. The molecule has 0 N–H and O–H groups in total. The van der Waals surface area contributed by atoms with E-state index in [0.29, 0.717) is 6.07 Å². The number of benzene rings is 1. The molecule has 31 heavy (non-hydrogen) atoms. The second-order valence-electron chi connectivity index (χ2n) is 5.90. The van der Waals surface area contributed by atoms with Crippen molar-refractivity contribution in [3.8, 4) is 11.5 Å². The van der Waals surface area contributed by atoms with E-state index in [1.54, 1.807) is 6.92 Å². The zero-order valence-electron chi connectivity index (χ0n) is 15.5. The molecule has 0 aliphatic rings. The number of rotatable bonds is 6. The number of carbonyl (C=O) groups is 1. The van der Waals surface area contributed by atoms with Crippen LogP contribution in [0.2, 0.25) is 0 Å². The van der Waals surface area contributed by atoms with Gasteiger partial charge in [-0.2, -0.15) is 13.2 Å². The van der Waals surface area contributed by atoms with Crippen LogP contribution in [0.5, 0.6) is 11.5 Å². The van der Waals surface area contributed by atoms with Gasteiger partial charge in [0.15, 0.2) is 5.75 Å². The smallest absolute Gasteiger partial charge is 0.486 e. The van der Waals surface area contributed by atoms with Gasteiger partial charge >= 0.3 is 18.5 Å². The van der Waals surface area contributed by atoms with E-state index in [9.17, 15) is 31.1 Å². The number of hydrogen-bond acceptors (Lipinski definition) is 7. The Balaban J connectivity index is 1.97. The Hall–Kier alpha value is -3.51. The molecule has 0 atom stereocenters. The highest BCUT2D eigenvalue weighted by molar-refractivity contribution is 5.90. The first kappa shape index (κ1) is 22.2. The van der Waals surface area contributed by atoms with Gasteiger partial charge in [-0.1, -0.05) is 11.2 Å². The van der Waals surface area contributed by atoms with E-state index in [1.165, 1.54) is 6.07 Å².